The van der Waals surface area contributed by atoms with Crippen LogP contribution in [0, 0.1) is 0 Å². The Bertz CT molecular complexity index is 842. The first kappa shape index (κ1) is 19.4. The third-order valence-electron chi connectivity index (χ3n) is 5.63. The first-order valence-corrected chi connectivity index (χ1v) is 9.87. The van der Waals surface area contributed by atoms with Crippen molar-refractivity contribution in [2.75, 3.05) is 0 Å². The molecule has 3 aromatic heterocycles. The summed E-state index contributed by atoms with van der Waals surface area (Å²) in [7, 11) is 6.10. The maximum Gasteiger partial charge on any atom is 0.111 e. The van der Waals surface area contributed by atoms with Gasteiger partial charge in [0.2, 0.25) is 0 Å². The molecule has 0 aliphatic heterocycles. The number of hydrogen-bond donors (Lipinski definition) is 0. The minimum Gasteiger partial charge on any atom is -0.340 e. The van der Waals surface area contributed by atoms with Gasteiger partial charge in [-0.3, -0.25) is 4.68 Å². The van der Waals surface area contributed by atoms with Crippen LogP contribution in [0.4, 0.5) is 0 Å². The van der Waals surface area contributed by atoms with Crippen LogP contribution in [0.25, 0.3) is 0 Å². The average molecular weight is 369 g/mol. The van der Waals surface area contributed by atoms with E-state index >= 15 is 0 Å². The van der Waals surface area contributed by atoms with Gasteiger partial charge in [-0.05, 0) is 37.2 Å². The predicted octanol–water partition coefficient (Wildman–Crippen LogP) is 4.14. The fourth-order valence-corrected chi connectivity index (χ4v) is 3.83. The maximum absolute atomic E-state index is 4.65. The molecule has 3 heterocycles. The lowest BCUT2D eigenvalue weighted by Gasteiger charge is -2.19. The van der Waals surface area contributed by atoms with E-state index in [9.17, 15) is 0 Å². The van der Waals surface area contributed by atoms with Crippen LogP contribution in [0.3, 0.4) is 0 Å². The van der Waals surface area contributed by atoms with E-state index < -0.39 is 0 Å². The van der Waals surface area contributed by atoms with Crippen LogP contribution >= 0.6 is 0 Å². The second-order valence-electron chi connectivity index (χ2n) is 7.96. The largest absolute Gasteiger partial charge is 0.340 e. The number of aryl methyl sites for hydroxylation is 3. The summed E-state index contributed by atoms with van der Waals surface area (Å²) in [5.41, 5.74) is 2.53. The van der Waals surface area contributed by atoms with Crippen LogP contribution in [-0.4, -0.2) is 28.9 Å². The molecule has 3 aromatic rings. The Labute approximate surface area is 162 Å². The monoisotopic (exact) mass is 368 g/mol. The fraction of sp³-hybridized carbons (Fsp3) is 0.571. The highest BCUT2D eigenvalue weighted by atomic mass is 15.2. The zero-order valence-electron chi connectivity index (χ0n) is 17.2. The highest BCUT2D eigenvalue weighted by Crippen LogP contribution is 2.32. The van der Waals surface area contributed by atoms with Gasteiger partial charge in [-0.15, -0.1) is 0 Å². The SMILES string of the molecule is CC(CCC(CCC(C)c1nccn1C)c1cn(C)cn1)c1cnn(C)c1. The van der Waals surface area contributed by atoms with Gasteiger partial charge in [-0.25, -0.2) is 9.97 Å². The average Bonchev–Trinajstić information content (AvgIpc) is 3.36. The van der Waals surface area contributed by atoms with Gasteiger partial charge in [-0.1, -0.05) is 13.8 Å². The molecule has 3 rings (SSSR count). The summed E-state index contributed by atoms with van der Waals surface area (Å²) < 4.78 is 6.07. The summed E-state index contributed by atoms with van der Waals surface area (Å²) in [5.74, 6) is 2.61. The van der Waals surface area contributed by atoms with Crippen LogP contribution in [0.5, 0.6) is 0 Å². The molecule has 0 fully saturated rings. The lowest BCUT2D eigenvalue weighted by atomic mass is 9.87. The maximum atomic E-state index is 4.65. The quantitative estimate of drug-likeness (QED) is 0.570. The lowest BCUT2D eigenvalue weighted by molar-refractivity contribution is 0.469. The molecule has 6 heteroatoms. The van der Waals surface area contributed by atoms with Crippen LogP contribution in [0.1, 0.15) is 74.4 Å². The van der Waals surface area contributed by atoms with Crippen molar-refractivity contribution in [3.8, 4) is 0 Å². The van der Waals surface area contributed by atoms with E-state index in [2.05, 4.69) is 57.5 Å². The molecular formula is C21H32N6. The first-order valence-electron chi connectivity index (χ1n) is 9.87. The molecular weight excluding hydrogens is 336 g/mol. The second-order valence-corrected chi connectivity index (χ2v) is 7.96. The van der Waals surface area contributed by atoms with Crippen molar-refractivity contribution in [3.05, 3.63) is 54.4 Å². The van der Waals surface area contributed by atoms with Crippen molar-refractivity contribution in [3.63, 3.8) is 0 Å². The number of aromatic nitrogens is 6. The molecule has 0 radical (unpaired) electrons. The fourth-order valence-electron chi connectivity index (χ4n) is 3.83. The molecule has 0 aliphatic rings. The Morgan fingerprint density at radius 3 is 2.22 bits per heavy atom. The van der Waals surface area contributed by atoms with E-state index in [1.54, 1.807) is 0 Å². The van der Waals surface area contributed by atoms with Crippen molar-refractivity contribution < 1.29 is 0 Å². The molecule has 0 amide bonds. The molecule has 0 N–H and O–H groups in total. The van der Waals surface area contributed by atoms with Gasteiger partial charge in [-0.2, -0.15) is 5.10 Å². The molecule has 27 heavy (non-hydrogen) atoms. The molecule has 3 atom stereocenters. The Morgan fingerprint density at radius 2 is 1.67 bits per heavy atom. The van der Waals surface area contributed by atoms with Crippen LogP contribution in [0.15, 0.2) is 37.3 Å². The van der Waals surface area contributed by atoms with E-state index in [0.717, 1.165) is 25.7 Å². The van der Waals surface area contributed by atoms with E-state index in [0.29, 0.717) is 17.8 Å². The first-order chi connectivity index (χ1) is 12.9. The van der Waals surface area contributed by atoms with Crippen LogP contribution < -0.4 is 0 Å². The summed E-state index contributed by atoms with van der Waals surface area (Å²) >= 11 is 0. The van der Waals surface area contributed by atoms with E-state index in [-0.39, 0.29) is 0 Å². The van der Waals surface area contributed by atoms with Crippen molar-refractivity contribution in [1.29, 1.82) is 0 Å². The molecule has 0 spiro atoms. The minimum atomic E-state index is 0.451. The van der Waals surface area contributed by atoms with Gasteiger partial charge in [0.25, 0.3) is 0 Å². The Morgan fingerprint density at radius 1 is 0.926 bits per heavy atom. The normalized spacial score (nSPS) is 15.0. The molecule has 6 nitrogen and oxygen atoms in total. The molecule has 0 saturated carbocycles. The van der Waals surface area contributed by atoms with Crippen LogP contribution in [0.2, 0.25) is 0 Å². The zero-order valence-corrected chi connectivity index (χ0v) is 17.2. The van der Waals surface area contributed by atoms with Crippen molar-refractivity contribution in [2.24, 2.45) is 21.1 Å². The summed E-state index contributed by atoms with van der Waals surface area (Å²) in [6.45, 7) is 4.57. The molecule has 0 saturated heterocycles. The van der Waals surface area contributed by atoms with Gasteiger partial charge >= 0.3 is 0 Å². The van der Waals surface area contributed by atoms with E-state index in [1.807, 2.05) is 43.7 Å². The van der Waals surface area contributed by atoms with Gasteiger partial charge in [0, 0.05) is 57.8 Å². The number of hydrogen-bond acceptors (Lipinski definition) is 3. The van der Waals surface area contributed by atoms with E-state index in [4.69, 9.17) is 0 Å². The predicted molar refractivity (Wildman–Crippen MR) is 108 cm³/mol. The molecule has 0 aliphatic carbocycles. The highest BCUT2D eigenvalue weighted by molar-refractivity contribution is 5.11. The highest BCUT2D eigenvalue weighted by Gasteiger charge is 2.19. The zero-order chi connectivity index (χ0) is 19.4. The second kappa shape index (κ2) is 8.55. The van der Waals surface area contributed by atoms with Crippen molar-refractivity contribution in [1.82, 2.24) is 28.9 Å². The molecule has 0 bridgehead atoms. The van der Waals surface area contributed by atoms with Gasteiger partial charge in [0.15, 0.2) is 0 Å². The lowest BCUT2D eigenvalue weighted by Crippen LogP contribution is -2.07. The Hall–Kier alpha value is -2.37. The summed E-state index contributed by atoms with van der Waals surface area (Å²) in [5, 5.41) is 4.31. The minimum absolute atomic E-state index is 0.451. The smallest absolute Gasteiger partial charge is 0.111 e. The van der Waals surface area contributed by atoms with Gasteiger partial charge < -0.3 is 9.13 Å². The van der Waals surface area contributed by atoms with Gasteiger partial charge in [0.05, 0.1) is 18.2 Å². The van der Waals surface area contributed by atoms with Gasteiger partial charge in [0.1, 0.15) is 5.82 Å². The topological polar surface area (TPSA) is 53.5 Å². The molecule has 146 valence electrons. The van der Waals surface area contributed by atoms with Crippen molar-refractivity contribution in [2.45, 2.75) is 57.3 Å². The number of nitrogens with zero attached hydrogens (tertiary/aromatic N) is 6. The van der Waals surface area contributed by atoms with E-state index in [1.165, 1.54) is 17.1 Å². The molecule has 3 unspecified atom stereocenters. The van der Waals surface area contributed by atoms with Crippen LogP contribution in [-0.2, 0) is 21.1 Å². The number of imidazole rings is 2. The van der Waals surface area contributed by atoms with Crippen molar-refractivity contribution >= 4 is 0 Å². The Kier molecular flexibility index (Phi) is 6.14. The standard InChI is InChI=1S/C21H32N6/c1-16(19-12-24-27(5)13-19)6-8-18(20-14-25(3)15-23-20)9-7-17(2)21-22-10-11-26(21)4/h10-18H,6-9H2,1-5H3. The Balaban J connectivity index is 1.63. The summed E-state index contributed by atoms with van der Waals surface area (Å²) in [6, 6.07) is 0. The summed E-state index contributed by atoms with van der Waals surface area (Å²) in [4.78, 5) is 9.18. The third kappa shape index (κ3) is 4.87. The third-order valence-corrected chi connectivity index (χ3v) is 5.63. The molecule has 0 aromatic carbocycles. The summed E-state index contributed by atoms with van der Waals surface area (Å²) in [6.07, 6.45) is 16.6. The number of rotatable bonds is 9.